The van der Waals surface area contributed by atoms with Gasteiger partial charge in [0.1, 0.15) is 36.4 Å². The fourth-order valence-electron chi connectivity index (χ4n) is 3.54. The molecule has 1 amide bonds. The van der Waals surface area contributed by atoms with Crippen LogP contribution in [0.25, 0.3) is 6.08 Å². The fourth-order valence-corrected chi connectivity index (χ4v) is 4.01. The SMILES string of the molecule is N#C/C(=C\c1ccccc1OCc1ccc([N+](=O)[O-])cc1)C(=O)Nc1ccc(OCc2ccc(Cl)cc2Cl)cc1. The second-order valence-corrected chi connectivity index (χ2v) is 9.27. The molecule has 0 radical (unpaired) electrons. The van der Waals surface area contributed by atoms with E-state index < -0.39 is 10.8 Å². The molecule has 0 aromatic heterocycles. The third-order valence-electron chi connectivity index (χ3n) is 5.65. The molecule has 1 N–H and O–H groups in total. The van der Waals surface area contributed by atoms with Crippen molar-refractivity contribution in [2.75, 3.05) is 5.32 Å². The molecule has 0 bridgehead atoms. The lowest BCUT2D eigenvalue weighted by molar-refractivity contribution is -0.384. The molecule has 0 fully saturated rings. The maximum absolute atomic E-state index is 12.8. The van der Waals surface area contributed by atoms with Gasteiger partial charge in [-0.05, 0) is 66.2 Å². The lowest BCUT2D eigenvalue weighted by Crippen LogP contribution is -2.13. The average Bonchev–Trinajstić information content (AvgIpc) is 2.95. The number of nitro benzene ring substituents is 1. The molecule has 8 nitrogen and oxygen atoms in total. The summed E-state index contributed by atoms with van der Waals surface area (Å²) in [5, 5.41) is 24.2. The lowest BCUT2D eigenvalue weighted by atomic mass is 10.1. The first kappa shape index (κ1) is 28.2. The Morgan fingerprint density at radius 3 is 2.35 bits per heavy atom. The Morgan fingerprint density at radius 1 is 0.950 bits per heavy atom. The molecule has 4 rings (SSSR count). The molecule has 0 saturated carbocycles. The first-order chi connectivity index (χ1) is 19.3. The summed E-state index contributed by atoms with van der Waals surface area (Å²) in [6, 6.07) is 26.7. The van der Waals surface area contributed by atoms with Gasteiger partial charge in [-0.2, -0.15) is 5.26 Å². The van der Waals surface area contributed by atoms with E-state index in [0.29, 0.717) is 32.8 Å². The van der Waals surface area contributed by atoms with Gasteiger partial charge in [0.15, 0.2) is 0 Å². The molecule has 10 heteroatoms. The Morgan fingerprint density at radius 2 is 1.68 bits per heavy atom. The van der Waals surface area contributed by atoms with Crippen LogP contribution in [0.15, 0.2) is 96.6 Å². The quantitative estimate of drug-likeness (QED) is 0.0903. The van der Waals surface area contributed by atoms with Gasteiger partial charge in [-0.25, -0.2) is 0 Å². The maximum Gasteiger partial charge on any atom is 0.269 e. The van der Waals surface area contributed by atoms with Gasteiger partial charge in [0.2, 0.25) is 0 Å². The van der Waals surface area contributed by atoms with E-state index in [9.17, 15) is 20.2 Å². The van der Waals surface area contributed by atoms with Crippen LogP contribution in [0, 0.1) is 21.4 Å². The molecule has 200 valence electrons. The Labute approximate surface area is 240 Å². The Kier molecular flexibility index (Phi) is 9.36. The average molecular weight is 574 g/mol. The number of hydrogen-bond acceptors (Lipinski definition) is 6. The number of non-ortho nitro benzene ring substituents is 1. The maximum atomic E-state index is 12.8. The first-order valence-corrected chi connectivity index (χ1v) is 12.6. The van der Waals surface area contributed by atoms with E-state index in [1.807, 2.05) is 6.07 Å². The minimum absolute atomic E-state index is 0.0122. The predicted octanol–water partition coefficient (Wildman–Crippen LogP) is 7.61. The van der Waals surface area contributed by atoms with Crippen LogP contribution in [0.3, 0.4) is 0 Å². The van der Waals surface area contributed by atoms with E-state index in [2.05, 4.69) is 5.32 Å². The van der Waals surface area contributed by atoms with Gasteiger partial charge in [-0.15, -0.1) is 0 Å². The summed E-state index contributed by atoms with van der Waals surface area (Å²) < 4.78 is 11.6. The zero-order valence-corrected chi connectivity index (χ0v) is 22.4. The van der Waals surface area contributed by atoms with Gasteiger partial charge in [-0.1, -0.05) is 47.5 Å². The van der Waals surface area contributed by atoms with E-state index in [-0.39, 0.29) is 24.5 Å². The Balaban J connectivity index is 1.39. The monoisotopic (exact) mass is 573 g/mol. The fraction of sp³-hybridized carbons (Fsp3) is 0.0667. The van der Waals surface area contributed by atoms with Crippen LogP contribution in [0.4, 0.5) is 11.4 Å². The van der Waals surface area contributed by atoms with Crippen molar-refractivity contribution < 1.29 is 19.2 Å². The van der Waals surface area contributed by atoms with Crippen LogP contribution >= 0.6 is 23.2 Å². The second-order valence-electron chi connectivity index (χ2n) is 8.42. The smallest absolute Gasteiger partial charge is 0.269 e. The van der Waals surface area contributed by atoms with Crippen molar-refractivity contribution in [3.63, 3.8) is 0 Å². The van der Waals surface area contributed by atoms with E-state index in [1.54, 1.807) is 78.9 Å². The third kappa shape index (κ3) is 7.60. The molecule has 0 spiro atoms. The minimum atomic E-state index is -0.589. The highest BCUT2D eigenvalue weighted by Crippen LogP contribution is 2.25. The van der Waals surface area contributed by atoms with Crippen LogP contribution in [-0.4, -0.2) is 10.8 Å². The number of halogens is 2. The van der Waals surface area contributed by atoms with Gasteiger partial charge in [0, 0.05) is 39.0 Å². The predicted molar refractivity (Wildman–Crippen MR) is 153 cm³/mol. The summed E-state index contributed by atoms with van der Waals surface area (Å²) in [6.45, 7) is 0.393. The zero-order chi connectivity index (χ0) is 28.5. The van der Waals surface area contributed by atoms with Crippen molar-refractivity contribution in [1.82, 2.24) is 0 Å². The molecule has 0 atom stereocenters. The standard InChI is InChI=1S/C30H21Cl2N3O5/c31-24-8-7-22(28(32)16-24)19-39-27-13-9-25(10-14-27)34-30(36)23(17-33)15-21-3-1-2-4-29(21)40-18-20-5-11-26(12-6-20)35(37)38/h1-16H,18-19H2,(H,34,36)/b23-15+. The Bertz CT molecular complexity index is 1600. The Hall–Kier alpha value is -4.84. The van der Waals surface area contributed by atoms with Crippen molar-refractivity contribution in [2.24, 2.45) is 0 Å². The van der Waals surface area contributed by atoms with Crippen molar-refractivity contribution in [3.8, 4) is 17.6 Å². The summed E-state index contributed by atoms with van der Waals surface area (Å²) in [5.41, 5.74) is 2.38. The van der Waals surface area contributed by atoms with E-state index >= 15 is 0 Å². The number of nitro groups is 1. The highest BCUT2D eigenvalue weighted by Gasteiger charge is 2.12. The highest BCUT2D eigenvalue weighted by molar-refractivity contribution is 6.35. The van der Waals surface area contributed by atoms with E-state index in [0.717, 1.165) is 11.1 Å². The molecular formula is C30H21Cl2N3O5. The number of benzene rings is 4. The third-order valence-corrected chi connectivity index (χ3v) is 6.23. The number of ether oxygens (including phenoxy) is 2. The molecule has 0 heterocycles. The van der Waals surface area contributed by atoms with Crippen molar-refractivity contribution in [1.29, 1.82) is 5.26 Å². The normalized spacial score (nSPS) is 10.9. The topological polar surface area (TPSA) is 114 Å². The number of nitrogens with one attached hydrogen (secondary N) is 1. The van der Waals surface area contributed by atoms with Crippen LogP contribution in [-0.2, 0) is 18.0 Å². The van der Waals surface area contributed by atoms with Crippen LogP contribution in [0.1, 0.15) is 16.7 Å². The second kappa shape index (κ2) is 13.3. The minimum Gasteiger partial charge on any atom is -0.489 e. The molecule has 0 aliphatic heterocycles. The molecule has 4 aromatic rings. The molecule has 40 heavy (non-hydrogen) atoms. The number of amides is 1. The van der Waals surface area contributed by atoms with Crippen LogP contribution in [0.5, 0.6) is 11.5 Å². The van der Waals surface area contributed by atoms with Crippen molar-refractivity contribution >= 4 is 46.6 Å². The van der Waals surface area contributed by atoms with E-state index in [1.165, 1.54) is 18.2 Å². The zero-order valence-electron chi connectivity index (χ0n) is 20.8. The number of para-hydroxylation sites is 1. The number of nitriles is 1. The summed E-state index contributed by atoms with van der Waals surface area (Å²) in [4.78, 5) is 23.2. The summed E-state index contributed by atoms with van der Waals surface area (Å²) in [5.74, 6) is 0.428. The van der Waals surface area contributed by atoms with Crippen molar-refractivity contribution in [2.45, 2.75) is 13.2 Å². The van der Waals surface area contributed by atoms with Gasteiger partial charge in [0.05, 0.1) is 4.92 Å². The number of carbonyl (C=O) groups excluding carboxylic acids is 1. The van der Waals surface area contributed by atoms with Gasteiger partial charge in [0.25, 0.3) is 11.6 Å². The van der Waals surface area contributed by atoms with Crippen LogP contribution < -0.4 is 14.8 Å². The van der Waals surface area contributed by atoms with Gasteiger partial charge in [-0.3, -0.25) is 14.9 Å². The number of carbonyl (C=O) groups is 1. The van der Waals surface area contributed by atoms with E-state index in [4.69, 9.17) is 32.7 Å². The van der Waals surface area contributed by atoms with Crippen molar-refractivity contribution in [3.05, 3.63) is 133 Å². The summed E-state index contributed by atoms with van der Waals surface area (Å²) >= 11 is 12.1. The summed E-state index contributed by atoms with van der Waals surface area (Å²) in [6.07, 6.45) is 1.44. The lowest BCUT2D eigenvalue weighted by Gasteiger charge is -2.11. The van der Waals surface area contributed by atoms with Crippen LogP contribution in [0.2, 0.25) is 10.0 Å². The molecule has 0 aliphatic rings. The first-order valence-electron chi connectivity index (χ1n) is 11.9. The largest absolute Gasteiger partial charge is 0.489 e. The number of anilines is 1. The molecular weight excluding hydrogens is 553 g/mol. The highest BCUT2D eigenvalue weighted by atomic mass is 35.5. The number of rotatable bonds is 10. The molecule has 4 aromatic carbocycles. The number of hydrogen-bond donors (Lipinski definition) is 1. The molecule has 0 aliphatic carbocycles. The molecule has 0 unspecified atom stereocenters. The summed E-state index contributed by atoms with van der Waals surface area (Å²) in [7, 11) is 0. The van der Waals surface area contributed by atoms with Gasteiger partial charge < -0.3 is 14.8 Å². The van der Waals surface area contributed by atoms with Gasteiger partial charge >= 0.3 is 0 Å². The molecule has 0 saturated heterocycles. The number of nitrogens with zero attached hydrogens (tertiary/aromatic N) is 2.